The number of nitrogens with one attached hydrogen (secondary N) is 1. The Morgan fingerprint density at radius 3 is 2.45 bits per heavy atom. The van der Waals surface area contributed by atoms with Crippen LogP contribution in [-0.4, -0.2) is 49.6 Å². The van der Waals surface area contributed by atoms with Crippen molar-refractivity contribution in [2.24, 2.45) is 0 Å². The van der Waals surface area contributed by atoms with Crippen molar-refractivity contribution in [2.75, 3.05) is 32.8 Å². The van der Waals surface area contributed by atoms with E-state index in [0.29, 0.717) is 19.7 Å². The number of nitrogens with zero attached hydrogens (tertiary/aromatic N) is 1. The Morgan fingerprint density at radius 2 is 1.83 bits per heavy atom. The predicted octanol–water partition coefficient (Wildman–Crippen LogP) is 2.02. The summed E-state index contributed by atoms with van der Waals surface area (Å²) in [5.74, 6) is 1.35. The van der Waals surface area contributed by atoms with Gasteiger partial charge in [0, 0.05) is 6.54 Å². The van der Waals surface area contributed by atoms with Gasteiger partial charge >= 0.3 is 5.97 Å². The van der Waals surface area contributed by atoms with Crippen LogP contribution in [0.2, 0.25) is 0 Å². The van der Waals surface area contributed by atoms with Crippen molar-refractivity contribution < 1.29 is 23.6 Å². The molecule has 0 bridgehead atoms. The Balaban J connectivity index is 2.05. The highest BCUT2D eigenvalue weighted by Gasteiger charge is 2.23. The summed E-state index contributed by atoms with van der Waals surface area (Å²) in [4.78, 5) is 27.8. The minimum Gasteiger partial charge on any atom is -0.464 e. The quantitative estimate of drug-likeness (QED) is 0.553. The molecular weight excluding hydrogens is 368 g/mol. The second kappa shape index (κ2) is 12.1. The van der Waals surface area contributed by atoms with Gasteiger partial charge in [0.05, 0.1) is 19.7 Å². The molecule has 2 aromatic rings. The van der Waals surface area contributed by atoms with Gasteiger partial charge in [-0.2, -0.15) is 0 Å². The van der Waals surface area contributed by atoms with Crippen LogP contribution in [0.5, 0.6) is 0 Å². The summed E-state index contributed by atoms with van der Waals surface area (Å²) in [7, 11) is 0. The van der Waals surface area contributed by atoms with Crippen molar-refractivity contribution in [3.05, 3.63) is 59.5 Å². The number of hydrogen-bond donors (Lipinski definition) is 1. The first-order chi connectivity index (χ1) is 14.0. The van der Waals surface area contributed by atoms with Gasteiger partial charge in [0.2, 0.25) is 0 Å². The molecule has 0 fully saturated rings. The second-order valence-electron chi connectivity index (χ2n) is 7.22. The van der Waals surface area contributed by atoms with E-state index in [1.165, 1.54) is 5.56 Å². The molecule has 1 aromatic heterocycles. The van der Waals surface area contributed by atoms with Crippen molar-refractivity contribution >= 4 is 11.9 Å². The van der Waals surface area contributed by atoms with Crippen molar-refractivity contribution in [3.63, 3.8) is 0 Å². The highest BCUT2D eigenvalue weighted by Crippen LogP contribution is 2.11. The second-order valence-corrected chi connectivity index (χ2v) is 7.22. The number of hydrogen-bond acceptors (Lipinski definition) is 4. The number of esters is 1. The van der Waals surface area contributed by atoms with E-state index in [-0.39, 0.29) is 25.0 Å². The van der Waals surface area contributed by atoms with Gasteiger partial charge in [-0.3, -0.25) is 4.79 Å². The molecule has 2 rings (SSSR count). The van der Waals surface area contributed by atoms with Crippen molar-refractivity contribution in [3.8, 4) is 0 Å². The van der Waals surface area contributed by atoms with Gasteiger partial charge in [0.25, 0.3) is 5.91 Å². The molecule has 1 heterocycles. The summed E-state index contributed by atoms with van der Waals surface area (Å²) in [6.07, 6.45) is 1.66. The van der Waals surface area contributed by atoms with E-state index < -0.39 is 0 Å². The molecule has 0 spiro atoms. The van der Waals surface area contributed by atoms with Crippen LogP contribution in [0.15, 0.2) is 46.9 Å². The molecule has 1 aromatic carbocycles. The highest BCUT2D eigenvalue weighted by atomic mass is 16.5. The van der Waals surface area contributed by atoms with E-state index >= 15 is 0 Å². The molecule has 0 aliphatic heterocycles. The summed E-state index contributed by atoms with van der Waals surface area (Å²) in [6, 6.07) is 13.9. The van der Waals surface area contributed by atoms with Crippen LogP contribution in [0.3, 0.4) is 0 Å². The lowest BCUT2D eigenvalue weighted by Gasteiger charge is -2.25. The van der Waals surface area contributed by atoms with E-state index in [9.17, 15) is 9.59 Å². The zero-order valence-corrected chi connectivity index (χ0v) is 17.8. The SMILES string of the molecule is CCC[NH+](CC(=O)OCC)CC(=O)N(CCc1ccccc1)Cc1ccc(C)o1. The summed E-state index contributed by atoms with van der Waals surface area (Å²) in [6.45, 7) is 8.34. The molecule has 158 valence electrons. The van der Waals surface area contributed by atoms with Crippen molar-refractivity contribution in [1.29, 1.82) is 0 Å². The van der Waals surface area contributed by atoms with Crippen LogP contribution in [0, 0.1) is 6.92 Å². The van der Waals surface area contributed by atoms with Gasteiger partial charge in [-0.15, -0.1) is 0 Å². The van der Waals surface area contributed by atoms with Crippen LogP contribution in [0.25, 0.3) is 0 Å². The number of furan rings is 1. The molecule has 1 unspecified atom stereocenters. The monoisotopic (exact) mass is 401 g/mol. The maximum atomic E-state index is 13.1. The number of ether oxygens (including phenoxy) is 1. The molecule has 0 radical (unpaired) electrons. The number of amides is 1. The fraction of sp³-hybridized carbons (Fsp3) is 0.478. The Morgan fingerprint density at radius 1 is 1.07 bits per heavy atom. The number of rotatable bonds is 12. The van der Waals surface area contributed by atoms with Crippen LogP contribution >= 0.6 is 0 Å². The summed E-state index contributed by atoms with van der Waals surface area (Å²) < 4.78 is 10.8. The maximum Gasteiger partial charge on any atom is 0.361 e. The van der Waals surface area contributed by atoms with E-state index in [1.54, 1.807) is 6.92 Å². The van der Waals surface area contributed by atoms with Crippen LogP contribution in [0.1, 0.15) is 37.4 Å². The first kappa shape index (κ1) is 22.7. The zero-order chi connectivity index (χ0) is 21.1. The predicted molar refractivity (Wildman–Crippen MR) is 111 cm³/mol. The van der Waals surface area contributed by atoms with E-state index in [4.69, 9.17) is 9.15 Å². The molecular formula is C23H33N2O4+. The molecule has 1 N–H and O–H groups in total. The average Bonchev–Trinajstić information content (AvgIpc) is 3.11. The highest BCUT2D eigenvalue weighted by molar-refractivity contribution is 5.77. The fourth-order valence-corrected chi connectivity index (χ4v) is 3.29. The smallest absolute Gasteiger partial charge is 0.361 e. The van der Waals surface area contributed by atoms with E-state index in [0.717, 1.165) is 35.8 Å². The summed E-state index contributed by atoms with van der Waals surface area (Å²) in [5, 5.41) is 0. The standard InChI is InChI=1S/C23H32N2O4/c1-4-14-24(18-23(27)28-5-2)17-22(26)25(16-21-12-11-19(3)29-21)15-13-20-9-7-6-8-10-20/h6-12H,4-5,13-18H2,1-3H3/p+1. The number of carbonyl (C=O) groups is 2. The molecule has 1 amide bonds. The molecule has 29 heavy (non-hydrogen) atoms. The van der Waals surface area contributed by atoms with E-state index in [2.05, 4.69) is 19.1 Å². The number of carbonyl (C=O) groups excluding carboxylic acids is 2. The Hall–Kier alpha value is -2.60. The molecule has 0 aliphatic carbocycles. The largest absolute Gasteiger partial charge is 0.464 e. The third-order valence-corrected chi connectivity index (χ3v) is 4.71. The van der Waals surface area contributed by atoms with Crippen LogP contribution < -0.4 is 4.90 Å². The third kappa shape index (κ3) is 8.11. The van der Waals surface area contributed by atoms with Gasteiger partial charge in [-0.25, -0.2) is 4.79 Å². The summed E-state index contributed by atoms with van der Waals surface area (Å²) >= 11 is 0. The van der Waals surface area contributed by atoms with Gasteiger partial charge in [-0.1, -0.05) is 37.3 Å². The number of benzene rings is 1. The lowest BCUT2D eigenvalue weighted by molar-refractivity contribution is -0.884. The maximum absolute atomic E-state index is 13.1. The van der Waals surface area contributed by atoms with Crippen LogP contribution in [0.4, 0.5) is 0 Å². The van der Waals surface area contributed by atoms with Gasteiger partial charge in [0.1, 0.15) is 11.5 Å². The Bertz CT molecular complexity index is 757. The zero-order valence-electron chi connectivity index (χ0n) is 17.8. The Kier molecular flexibility index (Phi) is 9.44. The normalized spacial score (nSPS) is 11.8. The van der Waals surface area contributed by atoms with Crippen molar-refractivity contribution in [1.82, 2.24) is 4.90 Å². The molecule has 1 atom stereocenters. The molecule has 0 aliphatic rings. The van der Waals surface area contributed by atoms with Crippen molar-refractivity contribution in [2.45, 2.75) is 40.2 Å². The van der Waals surface area contributed by atoms with Gasteiger partial charge in [0.15, 0.2) is 13.1 Å². The van der Waals surface area contributed by atoms with Gasteiger partial charge in [-0.05, 0) is 44.4 Å². The third-order valence-electron chi connectivity index (χ3n) is 4.71. The topological polar surface area (TPSA) is 64.2 Å². The minimum absolute atomic E-state index is 0.0164. The first-order valence-corrected chi connectivity index (χ1v) is 10.4. The van der Waals surface area contributed by atoms with Crippen LogP contribution in [-0.2, 0) is 27.3 Å². The number of aryl methyl sites for hydroxylation is 1. The first-order valence-electron chi connectivity index (χ1n) is 10.4. The average molecular weight is 402 g/mol. The summed E-state index contributed by atoms with van der Waals surface area (Å²) in [5.41, 5.74) is 1.19. The molecule has 0 saturated heterocycles. The number of quaternary nitrogens is 1. The minimum atomic E-state index is -0.263. The van der Waals surface area contributed by atoms with Gasteiger partial charge < -0.3 is 19.0 Å². The fourth-order valence-electron chi connectivity index (χ4n) is 3.29. The lowest BCUT2D eigenvalue weighted by Crippen LogP contribution is -3.14. The Labute approximate surface area is 173 Å². The lowest BCUT2D eigenvalue weighted by atomic mass is 10.1. The molecule has 0 saturated carbocycles. The van der Waals surface area contributed by atoms with E-state index in [1.807, 2.05) is 42.2 Å². The molecule has 6 heteroatoms. The molecule has 6 nitrogen and oxygen atoms in total.